The molecule has 0 heteroatoms. The zero-order valence-electron chi connectivity index (χ0n) is 13.5. The molecule has 2 unspecified atom stereocenters. The molecule has 2 aliphatic rings. The Hall–Kier alpha value is -1.30. The van der Waals surface area contributed by atoms with Crippen LogP contribution in [0.3, 0.4) is 0 Å². The van der Waals surface area contributed by atoms with Gasteiger partial charge in [0.05, 0.1) is 0 Å². The van der Waals surface area contributed by atoms with E-state index in [-0.39, 0.29) is 0 Å². The molecule has 1 aromatic carbocycles. The lowest BCUT2D eigenvalue weighted by molar-refractivity contribution is 0.552. The van der Waals surface area contributed by atoms with Crippen LogP contribution in [0.25, 0.3) is 0 Å². The predicted octanol–water partition coefficient (Wildman–Crippen LogP) is 5.83. The van der Waals surface area contributed by atoms with Crippen LogP contribution in [0.1, 0.15) is 62.1 Å². The van der Waals surface area contributed by atoms with Crippen LogP contribution in [0, 0.1) is 11.8 Å². The molecule has 1 aromatic rings. The highest BCUT2D eigenvalue weighted by Gasteiger charge is 2.33. The summed E-state index contributed by atoms with van der Waals surface area (Å²) >= 11 is 0. The molecule has 0 saturated heterocycles. The van der Waals surface area contributed by atoms with Crippen LogP contribution in [-0.2, 0) is 12.8 Å². The van der Waals surface area contributed by atoms with Crippen molar-refractivity contribution in [1.29, 1.82) is 0 Å². The largest absolute Gasteiger partial charge is 0.0808 e. The van der Waals surface area contributed by atoms with Crippen molar-refractivity contribution in [3.8, 4) is 0 Å². The molecule has 0 aliphatic heterocycles. The number of allylic oxidation sites excluding steroid dienone is 4. The monoisotopic (exact) mass is 280 g/mol. The molecule has 1 fully saturated rings. The van der Waals surface area contributed by atoms with Crippen LogP contribution in [0.4, 0.5) is 0 Å². The molecule has 2 atom stereocenters. The van der Waals surface area contributed by atoms with Gasteiger partial charge in [0.15, 0.2) is 0 Å². The molecular weight excluding hydrogens is 252 g/mol. The van der Waals surface area contributed by atoms with Gasteiger partial charge in [-0.3, -0.25) is 0 Å². The minimum atomic E-state index is 0.769. The second kappa shape index (κ2) is 6.64. The number of fused-ring (bicyclic) bond motifs is 1. The molecule has 0 radical (unpaired) electrons. The van der Waals surface area contributed by atoms with Gasteiger partial charge in [0.1, 0.15) is 0 Å². The summed E-state index contributed by atoms with van der Waals surface area (Å²) in [4.78, 5) is 0. The first-order valence-corrected chi connectivity index (χ1v) is 8.79. The Labute approximate surface area is 130 Å². The van der Waals surface area contributed by atoms with E-state index in [2.05, 4.69) is 56.4 Å². The molecular formula is C21H28. The number of benzene rings is 1. The maximum absolute atomic E-state index is 2.43. The summed E-state index contributed by atoms with van der Waals surface area (Å²) in [7, 11) is 0. The van der Waals surface area contributed by atoms with Crippen molar-refractivity contribution in [1.82, 2.24) is 0 Å². The van der Waals surface area contributed by atoms with E-state index < -0.39 is 0 Å². The van der Waals surface area contributed by atoms with Gasteiger partial charge in [0.2, 0.25) is 0 Å². The summed E-state index contributed by atoms with van der Waals surface area (Å²) in [6.45, 7) is 4.61. The van der Waals surface area contributed by atoms with E-state index in [4.69, 9.17) is 0 Å². The zero-order chi connectivity index (χ0) is 14.7. The minimum absolute atomic E-state index is 0.769. The SMILES string of the molecule is CCCc1cccc(C2CC3C=CC=CC3C2)c1CCC. The first-order valence-electron chi connectivity index (χ1n) is 8.79. The summed E-state index contributed by atoms with van der Waals surface area (Å²) in [6, 6.07) is 7.08. The maximum atomic E-state index is 2.43. The van der Waals surface area contributed by atoms with Crippen molar-refractivity contribution in [2.24, 2.45) is 11.8 Å². The van der Waals surface area contributed by atoms with E-state index >= 15 is 0 Å². The molecule has 0 aromatic heterocycles. The topological polar surface area (TPSA) is 0 Å². The summed E-state index contributed by atoms with van der Waals surface area (Å²) < 4.78 is 0. The van der Waals surface area contributed by atoms with E-state index in [0.717, 1.165) is 17.8 Å². The van der Waals surface area contributed by atoms with Crippen LogP contribution >= 0.6 is 0 Å². The predicted molar refractivity (Wildman–Crippen MR) is 91.7 cm³/mol. The fraction of sp³-hybridized carbons (Fsp3) is 0.524. The second-order valence-electron chi connectivity index (χ2n) is 6.75. The van der Waals surface area contributed by atoms with Gasteiger partial charge < -0.3 is 0 Å². The highest BCUT2D eigenvalue weighted by molar-refractivity contribution is 5.39. The fourth-order valence-corrected chi connectivity index (χ4v) is 4.31. The Morgan fingerprint density at radius 1 is 0.905 bits per heavy atom. The van der Waals surface area contributed by atoms with E-state index in [1.807, 2.05) is 0 Å². The number of rotatable bonds is 5. The molecule has 0 nitrogen and oxygen atoms in total. The zero-order valence-corrected chi connectivity index (χ0v) is 13.5. The van der Waals surface area contributed by atoms with Crippen molar-refractivity contribution in [3.05, 3.63) is 59.2 Å². The molecule has 0 amide bonds. The van der Waals surface area contributed by atoms with E-state index in [0.29, 0.717) is 0 Å². The Balaban J connectivity index is 1.89. The van der Waals surface area contributed by atoms with Crippen LogP contribution < -0.4 is 0 Å². The first kappa shape index (κ1) is 14.6. The smallest absolute Gasteiger partial charge is 0.0148 e. The summed E-state index contributed by atoms with van der Waals surface area (Å²) in [5.74, 6) is 2.33. The Morgan fingerprint density at radius 3 is 2.19 bits per heavy atom. The molecule has 112 valence electrons. The van der Waals surface area contributed by atoms with E-state index in [1.165, 1.54) is 38.5 Å². The highest BCUT2D eigenvalue weighted by Crippen LogP contribution is 2.46. The van der Waals surface area contributed by atoms with Gasteiger partial charge in [0.25, 0.3) is 0 Å². The van der Waals surface area contributed by atoms with E-state index in [9.17, 15) is 0 Å². The van der Waals surface area contributed by atoms with Crippen LogP contribution in [0.2, 0.25) is 0 Å². The number of aryl methyl sites for hydroxylation is 1. The van der Waals surface area contributed by atoms with Gasteiger partial charge in [-0.15, -0.1) is 0 Å². The Morgan fingerprint density at radius 2 is 1.57 bits per heavy atom. The van der Waals surface area contributed by atoms with Crippen molar-refractivity contribution < 1.29 is 0 Å². The summed E-state index contributed by atoms with van der Waals surface area (Å²) in [5, 5.41) is 0. The van der Waals surface area contributed by atoms with E-state index in [1.54, 1.807) is 16.7 Å². The quantitative estimate of drug-likeness (QED) is 0.637. The van der Waals surface area contributed by atoms with Gasteiger partial charge in [0, 0.05) is 0 Å². The van der Waals surface area contributed by atoms with Crippen molar-refractivity contribution in [2.45, 2.75) is 58.3 Å². The normalized spacial score (nSPS) is 27.0. The fourth-order valence-electron chi connectivity index (χ4n) is 4.31. The third-order valence-corrected chi connectivity index (χ3v) is 5.26. The molecule has 0 N–H and O–H groups in total. The molecule has 0 heterocycles. The second-order valence-corrected chi connectivity index (χ2v) is 6.75. The molecule has 1 saturated carbocycles. The lowest BCUT2D eigenvalue weighted by Gasteiger charge is -2.19. The molecule has 21 heavy (non-hydrogen) atoms. The van der Waals surface area contributed by atoms with Crippen LogP contribution in [0.5, 0.6) is 0 Å². The van der Waals surface area contributed by atoms with Gasteiger partial charge in [-0.2, -0.15) is 0 Å². The molecule has 2 aliphatic carbocycles. The van der Waals surface area contributed by atoms with Gasteiger partial charge in [-0.25, -0.2) is 0 Å². The Bertz CT molecular complexity index is 515. The molecule has 0 bridgehead atoms. The number of hydrogen-bond donors (Lipinski definition) is 0. The minimum Gasteiger partial charge on any atom is -0.0808 e. The van der Waals surface area contributed by atoms with Gasteiger partial charge in [-0.1, -0.05) is 69.2 Å². The molecule has 3 rings (SSSR count). The lowest BCUT2D eigenvalue weighted by Crippen LogP contribution is -2.04. The van der Waals surface area contributed by atoms with Gasteiger partial charge >= 0.3 is 0 Å². The third-order valence-electron chi connectivity index (χ3n) is 5.26. The summed E-state index contributed by atoms with van der Waals surface area (Å²) in [5.41, 5.74) is 4.95. The lowest BCUT2D eigenvalue weighted by atomic mass is 9.86. The molecule has 0 spiro atoms. The van der Waals surface area contributed by atoms with Crippen molar-refractivity contribution in [2.75, 3.05) is 0 Å². The summed E-state index contributed by atoms with van der Waals surface area (Å²) in [6.07, 6.45) is 17.0. The average Bonchev–Trinajstić information content (AvgIpc) is 2.93. The maximum Gasteiger partial charge on any atom is -0.0148 e. The standard InChI is InChI=1S/C21H28/c1-3-8-16-12-7-13-21(20(16)9-4-2)19-14-17-10-5-6-11-18(17)15-19/h5-7,10-13,17-19H,3-4,8-9,14-15H2,1-2H3. The van der Waals surface area contributed by atoms with Gasteiger partial charge in [-0.05, 0) is 60.1 Å². The van der Waals surface area contributed by atoms with Crippen molar-refractivity contribution >= 4 is 0 Å². The number of hydrogen-bond acceptors (Lipinski definition) is 0. The third kappa shape index (κ3) is 3.00. The Kier molecular flexibility index (Phi) is 4.63. The average molecular weight is 280 g/mol. The van der Waals surface area contributed by atoms with Crippen molar-refractivity contribution in [3.63, 3.8) is 0 Å². The van der Waals surface area contributed by atoms with Crippen LogP contribution in [-0.4, -0.2) is 0 Å². The van der Waals surface area contributed by atoms with Crippen LogP contribution in [0.15, 0.2) is 42.5 Å². The first-order chi connectivity index (χ1) is 10.3. The highest BCUT2D eigenvalue weighted by atomic mass is 14.4.